The highest BCUT2D eigenvalue weighted by molar-refractivity contribution is 6.06. The number of Topliss-reactive ketones (excluding diaryl/α,β-unsaturated/α-hetero) is 3. The third-order valence-electron chi connectivity index (χ3n) is 13.2. The van der Waals surface area contributed by atoms with Crippen molar-refractivity contribution < 1.29 is 38.1 Å². The molecule has 2 heterocycles. The maximum Gasteiger partial charge on any atom is 0.251 e. The first-order valence-electron chi connectivity index (χ1n) is 21.0. The maximum atomic E-state index is 13.7. The van der Waals surface area contributed by atoms with Crippen molar-refractivity contribution in [1.29, 1.82) is 5.26 Å². The average Bonchev–Trinajstić information content (AvgIpc) is 3.25. The second kappa shape index (κ2) is 17.6. The van der Waals surface area contributed by atoms with Gasteiger partial charge in [0.25, 0.3) is 5.91 Å². The van der Waals surface area contributed by atoms with Crippen molar-refractivity contribution in [1.82, 2.24) is 10.2 Å². The molecule has 1 amide bonds. The number of nitrogens with zero attached hydrogens (tertiary/aromatic N) is 4. The van der Waals surface area contributed by atoms with Gasteiger partial charge in [0.05, 0.1) is 50.6 Å². The van der Waals surface area contributed by atoms with E-state index in [0.717, 1.165) is 57.2 Å². The van der Waals surface area contributed by atoms with E-state index in [0.29, 0.717) is 59.8 Å². The second-order valence-corrected chi connectivity index (χ2v) is 17.7. The fourth-order valence-corrected chi connectivity index (χ4v) is 10.0. The SMILES string of the molecule is COc1cc(OC2C(C)(C)C(CC(=O)c3ccc(N4CCO[C@@H](CN5CCN(c6ccc(C(=O)NC7CCC(=O)CC7=O)cc6OC)CC5)C4)cc3)C2(C)C)ccc1C#N. The van der Waals surface area contributed by atoms with Gasteiger partial charge in [-0.25, -0.2) is 0 Å². The van der Waals surface area contributed by atoms with Crippen LogP contribution in [0.3, 0.4) is 0 Å². The molecule has 4 fully saturated rings. The third kappa shape index (κ3) is 8.86. The van der Waals surface area contributed by atoms with Gasteiger partial charge in [-0.1, -0.05) is 27.7 Å². The zero-order valence-corrected chi connectivity index (χ0v) is 35.6. The Kier molecular flexibility index (Phi) is 12.5. The van der Waals surface area contributed by atoms with Crippen molar-refractivity contribution in [3.8, 4) is 23.3 Å². The van der Waals surface area contributed by atoms with Crippen LogP contribution in [0.1, 0.15) is 79.7 Å². The van der Waals surface area contributed by atoms with Gasteiger partial charge >= 0.3 is 0 Å². The number of piperazine rings is 1. The topological polar surface area (TPSA) is 151 Å². The number of hydrogen-bond acceptors (Lipinski definition) is 12. The molecule has 1 unspecified atom stereocenters. The summed E-state index contributed by atoms with van der Waals surface area (Å²) in [6.07, 6.45) is 0.845. The van der Waals surface area contributed by atoms with E-state index in [-0.39, 0.29) is 58.6 Å². The lowest BCUT2D eigenvalue weighted by atomic mass is 9.44. The van der Waals surface area contributed by atoms with Crippen LogP contribution in [-0.4, -0.2) is 113 Å². The van der Waals surface area contributed by atoms with E-state index in [1.165, 1.54) is 0 Å². The molecule has 13 heteroatoms. The Balaban J connectivity index is 0.887. The van der Waals surface area contributed by atoms with E-state index in [1.807, 2.05) is 18.2 Å². The molecule has 0 radical (unpaired) electrons. The Morgan fingerprint density at radius 1 is 0.867 bits per heavy atom. The molecular formula is C47H57N5O8. The first kappa shape index (κ1) is 42.7. The summed E-state index contributed by atoms with van der Waals surface area (Å²) in [6.45, 7) is 14.9. The van der Waals surface area contributed by atoms with E-state index in [1.54, 1.807) is 44.6 Å². The highest BCUT2D eigenvalue weighted by Gasteiger charge is 2.63. The molecule has 13 nitrogen and oxygen atoms in total. The van der Waals surface area contributed by atoms with Gasteiger partial charge in [0, 0.05) is 92.4 Å². The van der Waals surface area contributed by atoms with Crippen LogP contribution in [0.25, 0.3) is 0 Å². The third-order valence-corrected chi connectivity index (χ3v) is 13.2. The van der Waals surface area contributed by atoms with E-state index in [9.17, 15) is 24.4 Å². The largest absolute Gasteiger partial charge is 0.495 e. The molecule has 318 valence electrons. The highest BCUT2D eigenvalue weighted by Crippen LogP contribution is 2.62. The molecule has 7 rings (SSSR count). The van der Waals surface area contributed by atoms with Gasteiger partial charge in [-0.2, -0.15) is 5.26 Å². The van der Waals surface area contributed by atoms with Crippen LogP contribution in [0.4, 0.5) is 11.4 Å². The molecule has 0 spiro atoms. The Morgan fingerprint density at radius 3 is 2.23 bits per heavy atom. The Bertz CT molecular complexity index is 2120. The molecule has 0 aromatic heterocycles. The number of benzene rings is 3. The number of amides is 1. The zero-order valence-electron chi connectivity index (χ0n) is 35.6. The van der Waals surface area contributed by atoms with E-state index >= 15 is 0 Å². The summed E-state index contributed by atoms with van der Waals surface area (Å²) in [7, 11) is 3.13. The minimum Gasteiger partial charge on any atom is -0.495 e. The first-order chi connectivity index (χ1) is 28.7. The normalized spacial score (nSPS) is 23.9. The molecule has 2 saturated carbocycles. The van der Waals surface area contributed by atoms with Crippen LogP contribution >= 0.6 is 0 Å². The second-order valence-electron chi connectivity index (χ2n) is 17.7. The van der Waals surface area contributed by atoms with E-state index in [2.05, 4.69) is 65.9 Å². The lowest BCUT2D eigenvalue weighted by Gasteiger charge is -2.63. The predicted molar refractivity (Wildman–Crippen MR) is 227 cm³/mol. The first-order valence-corrected chi connectivity index (χ1v) is 21.0. The molecule has 2 aliphatic heterocycles. The van der Waals surface area contributed by atoms with Gasteiger partial charge in [-0.05, 0) is 66.9 Å². The molecule has 2 aliphatic carbocycles. The quantitative estimate of drug-likeness (QED) is 0.166. The number of ether oxygens (including phenoxy) is 4. The average molecular weight is 820 g/mol. The molecule has 60 heavy (non-hydrogen) atoms. The lowest BCUT2D eigenvalue weighted by molar-refractivity contribution is -0.196. The fraction of sp³-hybridized carbons (Fsp3) is 0.511. The van der Waals surface area contributed by atoms with Gasteiger partial charge in [0.15, 0.2) is 11.6 Å². The number of ketones is 3. The van der Waals surface area contributed by atoms with Crippen molar-refractivity contribution in [3.63, 3.8) is 0 Å². The molecule has 4 aliphatic rings. The minimum atomic E-state index is -0.639. The van der Waals surface area contributed by atoms with Crippen LogP contribution in [0.2, 0.25) is 0 Å². The molecule has 2 saturated heterocycles. The standard InChI is InChI=1S/C47H57N5O8/c1-46(2)43(47(3,4)45(46)60-35-14-9-32(27-48)41(25-35)57-5)26-39(54)30-7-11-33(12-8-30)52-21-22-59-36(29-52)28-50-17-19-51(20-18-50)38-16-10-31(23-42(38)58-6)44(56)49-37-15-13-34(53)24-40(37)55/h7-12,14,16,23,25,36-37,43,45H,13,15,17-22,24,26,28-29H2,1-6H3,(H,49,56)/t36-,37?,43?,45?/m0/s1. The summed E-state index contributed by atoms with van der Waals surface area (Å²) < 4.78 is 23.8. The summed E-state index contributed by atoms with van der Waals surface area (Å²) in [5, 5.41) is 12.2. The number of methoxy groups -OCH3 is 2. The van der Waals surface area contributed by atoms with E-state index in [4.69, 9.17) is 18.9 Å². The van der Waals surface area contributed by atoms with Gasteiger partial charge in [-0.3, -0.25) is 24.1 Å². The number of carbonyl (C=O) groups excluding carboxylic acids is 4. The monoisotopic (exact) mass is 819 g/mol. The van der Waals surface area contributed by atoms with Gasteiger partial charge in [-0.15, -0.1) is 0 Å². The maximum absolute atomic E-state index is 13.7. The number of morpholine rings is 1. The lowest BCUT2D eigenvalue weighted by Crippen LogP contribution is -2.66. The smallest absolute Gasteiger partial charge is 0.251 e. The Morgan fingerprint density at radius 2 is 1.57 bits per heavy atom. The van der Waals surface area contributed by atoms with Crippen molar-refractivity contribution in [2.24, 2.45) is 16.7 Å². The number of nitriles is 1. The van der Waals surface area contributed by atoms with Gasteiger partial charge in [0.1, 0.15) is 35.2 Å². The molecule has 2 atom stereocenters. The van der Waals surface area contributed by atoms with Crippen molar-refractivity contribution in [2.75, 3.05) is 76.4 Å². The van der Waals surface area contributed by atoms with Crippen LogP contribution in [-0.2, 0) is 14.3 Å². The van der Waals surface area contributed by atoms with Crippen molar-refractivity contribution in [2.45, 2.75) is 71.6 Å². The van der Waals surface area contributed by atoms with E-state index < -0.39 is 6.04 Å². The number of rotatable bonds is 13. The van der Waals surface area contributed by atoms with Gasteiger partial charge < -0.3 is 34.1 Å². The Hall–Kier alpha value is -5.45. The van der Waals surface area contributed by atoms with Crippen molar-refractivity contribution >= 4 is 34.6 Å². The number of carbonyl (C=O) groups is 4. The van der Waals surface area contributed by atoms with Gasteiger partial charge in [0.2, 0.25) is 0 Å². The molecule has 3 aromatic rings. The summed E-state index contributed by atoms with van der Waals surface area (Å²) in [6, 6.07) is 20.1. The summed E-state index contributed by atoms with van der Waals surface area (Å²) in [5.41, 5.74) is 3.05. The molecule has 3 aromatic carbocycles. The summed E-state index contributed by atoms with van der Waals surface area (Å²) >= 11 is 0. The van der Waals surface area contributed by atoms with Crippen molar-refractivity contribution in [3.05, 3.63) is 77.4 Å². The predicted octanol–water partition coefficient (Wildman–Crippen LogP) is 5.73. The van der Waals surface area contributed by atoms with Crippen LogP contribution in [0, 0.1) is 28.1 Å². The van der Waals surface area contributed by atoms with Crippen LogP contribution in [0.5, 0.6) is 17.2 Å². The number of hydrogen-bond donors (Lipinski definition) is 1. The number of nitrogens with one attached hydrogen (secondary N) is 1. The zero-order chi connectivity index (χ0) is 42.8. The summed E-state index contributed by atoms with van der Waals surface area (Å²) in [4.78, 5) is 57.6. The number of anilines is 2. The highest BCUT2D eigenvalue weighted by atomic mass is 16.5. The fourth-order valence-electron chi connectivity index (χ4n) is 10.0. The molecule has 0 bridgehead atoms. The summed E-state index contributed by atoms with van der Waals surface area (Å²) in [5.74, 6) is 1.27. The minimum absolute atomic E-state index is 0.0386. The van der Waals surface area contributed by atoms with Crippen LogP contribution < -0.4 is 29.3 Å². The molecule has 1 N–H and O–H groups in total. The molecular weight excluding hydrogens is 763 g/mol. The van der Waals surface area contributed by atoms with Crippen LogP contribution in [0.15, 0.2) is 60.7 Å². The Labute approximate surface area is 352 Å².